The van der Waals surface area contributed by atoms with E-state index in [0.29, 0.717) is 0 Å². The highest BCUT2D eigenvalue weighted by Crippen LogP contribution is 2.50. The Morgan fingerprint density at radius 3 is 1.21 bits per heavy atom. The Balaban J connectivity index is 1.83. The van der Waals surface area contributed by atoms with Gasteiger partial charge in [-0.15, -0.1) is 34.0 Å². The fourth-order valence-corrected chi connectivity index (χ4v) is 6.43. The largest absolute Gasteiger partial charge is 0.245 e. The van der Waals surface area contributed by atoms with Crippen LogP contribution in [0.3, 0.4) is 0 Å². The highest BCUT2D eigenvalue weighted by atomic mass is 32.1. The van der Waals surface area contributed by atoms with E-state index in [1.54, 1.807) is 34.0 Å². The molecule has 0 unspecified atom stereocenters. The van der Waals surface area contributed by atoms with Crippen LogP contribution in [0.1, 0.15) is 0 Å². The summed E-state index contributed by atoms with van der Waals surface area (Å²) >= 11 is 5.27. The summed E-state index contributed by atoms with van der Waals surface area (Å²) in [5, 5.41) is 6.42. The van der Waals surface area contributed by atoms with Crippen molar-refractivity contribution in [3.63, 3.8) is 0 Å². The minimum atomic E-state index is 1.04. The zero-order chi connectivity index (χ0) is 22.0. The molecule has 0 radical (unpaired) electrons. The average molecular weight is 478 g/mol. The highest BCUT2D eigenvalue weighted by molar-refractivity contribution is 7.14. The van der Waals surface area contributed by atoms with Gasteiger partial charge >= 0.3 is 0 Å². The zero-order valence-corrected chi connectivity index (χ0v) is 20.1. The third-order valence-electron chi connectivity index (χ3n) is 5.60. The van der Waals surface area contributed by atoms with Gasteiger partial charge in [0.15, 0.2) is 0 Å². The molecule has 4 heteroatoms. The average Bonchev–Trinajstić information content (AvgIpc) is 3.67. The fourth-order valence-electron chi connectivity index (χ4n) is 4.21. The normalized spacial score (nSPS) is 11.0. The van der Waals surface area contributed by atoms with E-state index in [4.69, 9.17) is 4.98 Å². The number of hydrogen-bond acceptors (Lipinski definition) is 4. The minimum absolute atomic E-state index is 1.04. The summed E-state index contributed by atoms with van der Waals surface area (Å²) in [6.45, 7) is 0. The van der Waals surface area contributed by atoms with Gasteiger partial charge < -0.3 is 0 Å². The third kappa shape index (κ3) is 3.76. The molecular formula is C29H19NS3. The second kappa shape index (κ2) is 8.91. The molecule has 4 aromatic heterocycles. The van der Waals surface area contributed by atoms with Crippen molar-refractivity contribution in [2.24, 2.45) is 0 Å². The Morgan fingerprint density at radius 2 is 0.818 bits per heavy atom. The van der Waals surface area contributed by atoms with Crippen LogP contribution in [0.25, 0.3) is 53.8 Å². The lowest BCUT2D eigenvalue weighted by Gasteiger charge is -2.21. The Hall–Kier alpha value is -3.31. The number of rotatable bonds is 5. The molecule has 0 amide bonds. The Labute approximate surface area is 205 Å². The van der Waals surface area contributed by atoms with Gasteiger partial charge in [-0.1, -0.05) is 78.9 Å². The molecule has 0 N–H and O–H groups in total. The maximum atomic E-state index is 5.41. The van der Waals surface area contributed by atoms with Crippen LogP contribution in [-0.2, 0) is 0 Å². The summed E-state index contributed by atoms with van der Waals surface area (Å²) < 4.78 is 0. The van der Waals surface area contributed by atoms with E-state index in [9.17, 15) is 0 Å². The van der Waals surface area contributed by atoms with Crippen LogP contribution in [0.4, 0.5) is 0 Å². The first-order chi connectivity index (χ1) is 16.4. The van der Waals surface area contributed by atoms with Gasteiger partial charge in [0.05, 0.1) is 21.1 Å². The van der Waals surface area contributed by atoms with Crippen molar-refractivity contribution in [2.75, 3.05) is 0 Å². The molecule has 33 heavy (non-hydrogen) atoms. The van der Waals surface area contributed by atoms with E-state index < -0.39 is 0 Å². The van der Waals surface area contributed by atoms with Crippen molar-refractivity contribution in [1.82, 2.24) is 4.98 Å². The monoisotopic (exact) mass is 477 g/mol. The van der Waals surface area contributed by atoms with Crippen molar-refractivity contribution in [3.05, 3.63) is 113 Å². The van der Waals surface area contributed by atoms with Gasteiger partial charge in [-0.05, 0) is 45.5 Å². The van der Waals surface area contributed by atoms with Gasteiger partial charge in [0.2, 0.25) is 0 Å². The minimum Gasteiger partial charge on any atom is -0.245 e. The molecule has 0 bridgehead atoms. The maximum Gasteiger partial charge on any atom is 0.0894 e. The van der Waals surface area contributed by atoms with Crippen LogP contribution >= 0.6 is 34.0 Å². The zero-order valence-electron chi connectivity index (χ0n) is 17.6. The highest BCUT2D eigenvalue weighted by Gasteiger charge is 2.25. The van der Waals surface area contributed by atoms with Gasteiger partial charge in [0, 0.05) is 21.6 Å². The lowest BCUT2D eigenvalue weighted by atomic mass is 9.88. The number of aromatic nitrogens is 1. The van der Waals surface area contributed by atoms with Crippen molar-refractivity contribution in [1.29, 1.82) is 0 Å². The Morgan fingerprint density at radius 1 is 0.394 bits per heavy atom. The Bertz CT molecular complexity index is 1370. The summed E-state index contributed by atoms with van der Waals surface area (Å²) in [5.41, 5.74) is 8.10. The van der Waals surface area contributed by atoms with Crippen LogP contribution in [0.5, 0.6) is 0 Å². The first kappa shape index (κ1) is 20.3. The predicted molar refractivity (Wildman–Crippen MR) is 145 cm³/mol. The van der Waals surface area contributed by atoms with Gasteiger partial charge in [-0.2, -0.15) is 0 Å². The van der Waals surface area contributed by atoms with Crippen LogP contribution in [-0.4, -0.2) is 4.98 Å². The predicted octanol–water partition coefficient (Wildman–Crippen LogP) is 9.60. The number of benzene rings is 2. The smallest absolute Gasteiger partial charge is 0.0894 e. The number of pyridine rings is 1. The fraction of sp³-hybridized carbons (Fsp3) is 0. The van der Waals surface area contributed by atoms with E-state index in [2.05, 4.69) is 113 Å². The molecule has 0 aliphatic heterocycles. The summed E-state index contributed by atoms with van der Waals surface area (Å²) in [4.78, 5) is 9.03. The molecule has 4 heterocycles. The van der Waals surface area contributed by atoms with Gasteiger partial charge in [-0.25, -0.2) is 4.98 Å². The van der Waals surface area contributed by atoms with Crippen LogP contribution in [0.15, 0.2) is 113 Å². The first-order valence-corrected chi connectivity index (χ1v) is 13.3. The van der Waals surface area contributed by atoms with Crippen molar-refractivity contribution in [3.8, 4) is 53.8 Å². The topological polar surface area (TPSA) is 12.9 Å². The second-order valence-corrected chi connectivity index (χ2v) is 10.4. The van der Waals surface area contributed by atoms with Crippen LogP contribution in [0.2, 0.25) is 0 Å². The summed E-state index contributed by atoms with van der Waals surface area (Å²) in [7, 11) is 0. The molecular weight excluding hydrogens is 459 g/mol. The molecule has 2 aromatic carbocycles. The van der Waals surface area contributed by atoms with Crippen molar-refractivity contribution < 1.29 is 0 Å². The molecule has 0 aliphatic carbocycles. The summed E-state index contributed by atoms with van der Waals surface area (Å²) in [5.74, 6) is 0. The summed E-state index contributed by atoms with van der Waals surface area (Å²) in [6, 6.07) is 34.3. The van der Waals surface area contributed by atoms with Crippen LogP contribution < -0.4 is 0 Å². The molecule has 0 saturated carbocycles. The molecule has 0 fully saturated rings. The molecule has 0 saturated heterocycles. The second-order valence-electron chi connectivity index (χ2n) is 7.60. The molecule has 1 nitrogen and oxygen atoms in total. The molecule has 6 rings (SSSR count). The van der Waals surface area contributed by atoms with E-state index in [0.717, 1.165) is 11.4 Å². The van der Waals surface area contributed by atoms with E-state index in [1.807, 2.05) is 0 Å². The SMILES string of the molecule is c1ccc(-c2c(-c3cccs3)nc(-c3cccs3)c(-c3ccccc3)c2-c2cccs2)cc1. The van der Waals surface area contributed by atoms with E-state index in [-0.39, 0.29) is 0 Å². The lowest BCUT2D eigenvalue weighted by Crippen LogP contribution is -1.99. The molecule has 6 aromatic rings. The molecule has 158 valence electrons. The summed E-state index contributed by atoms with van der Waals surface area (Å²) in [6.07, 6.45) is 0. The first-order valence-electron chi connectivity index (χ1n) is 10.7. The third-order valence-corrected chi connectivity index (χ3v) is 8.24. The Kier molecular flexibility index (Phi) is 5.48. The van der Waals surface area contributed by atoms with Gasteiger partial charge in [0.1, 0.15) is 0 Å². The number of nitrogens with zero attached hydrogens (tertiary/aromatic N) is 1. The quantitative estimate of drug-likeness (QED) is 0.241. The van der Waals surface area contributed by atoms with Gasteiger partial charge in [-0.3, -0.25) is 0 Å². The maximum absolute atomic E-state index is 5.41. The number of thiophene rings is 3. The van der Waals surface area contributed by atoms with Crippen LogP contribution in [0, 0.1) is 0 Å². The molecule has 0 spiro atoms. The van der Waals surface area contributed by atoms with Crippen molar-refractivity contribution >= 4 is 34.0 Å². The number of hydrogen-bond donors (Lipinski definition) is 0. The van der Waals surface area contributed by atoms with Crippen molar-refractivity contribution in [2.45, 2.75) is 0 Å². The molecule has 0 aliphatic rings. The molecule has 0 atom stereocenters. The lowest BCUT2D eigenvalue weighted by molar-refractivity contribution is 1.35. The van der Waals surface area contributed by atoms with E-state index >= 15 is 0 Å². The van der Waals surface area contributed by atoms with E-state index in [1.165, 1.54) is 42.4 Å². The van der Waals surface area contributed by atoms with Gasteiger partial charge in [0.25, 0.3) is 0 Å². The standard InChI is InChI=1S/C29H19NS3/c1-3-10-20(11-4-1)25-27(22-14-7-17-31-22)26(21-12-5-2-6-13-21)29(24-16-9-19-33-24)30-28(25)23-15-8-18-32-23/h1-19H.